The second kappa shape index (κ2) is 9.43. The molecule has 0 bridgehead atoms. The van der Waals surface area contributed by atoms with Gasteiger partial charge in [0.1, 0.15) is 16.4 Å². The Morgan fingerprint density at radius 2 is 2.00 bits per heavy atom. The van der Waals surface area contributed by atoms with Gasteiger partial charge in [0.15, 0.2) is 10.8 Å². The van der Waals surface area contributed by atoms with E-state index in [0.717, 1.165) is 25.0 Å². The van der Waals surface area contributed by atoms with Crippen LogP contribution in [-0.4, -0.2) is 43.8 Å². The minimum absolute atomic E-state index is 0.0591. The van der Waals surface area contributed by atoms with Gasteiger partial charge in [-0.15, -0.1) is 11.3 Å². The maximum atomic E-state index is 13.2. The maximum absolute atomic E-state index is 13.2. The van der Waals surface area contributed by atoms with Gasteiger partial charge < -0.3 is 14.5 Å². The molecule has 3 aromatic rings. The molecule has 8 nitrogen and oxygen atoms in total. The number of thiazole rings is 1. The number of carbonyl (C=O) groups is 1. The lowest BCUT2D eigenvalue weighted by atomic mass is 10.2. The maximum Gasteiger partial charge on any atom is 0.246 e. The van der Waals surface area contributed by atoms with Gasteiger partial charge in [-0.2, -0.15) is 4.31 Å². The van der Waals surface area contributed by atoms with Crippen LogP contribution in [0.15, 0.2) is 45.0 Å². The molecule has 1 saturated heterocycles. The number of methoxy groups -OCH3 is 1. The molecule has 0 saturated carbocycles. The summed E-state index contributed by atoms with van der Waals surface area (Å²) in [5.74, 6) is 1.43. The molecule has 1 aliphatic rings. The number of nitrogens with zero attached hydrogens (tertiary/aromatic N) is 2. The number of sulfonamides is 1. The Balaban J connectivity index is 1.49. The van der Waals surface area contributed by atoms with Crippen LogP contribution in [-0.2, 0) is 21.2 Å². The van der Waals surface area contributed by atoms with E-state index in [-0.39, 0.29) is 23.0 Å². The topological polar surface area (TPSA) is 102 Å². The first-order valence-corrected chi connectivity index (χ1v) is 12.7. The molecule has 1 fully saturated rings. The van der Waals surface area contributed by atoms with Crippen LogP contribution in [0.5, 0.6) is 5.75 Å². The summed E-state index contributed by atoms with van der Waals surface area (Å²) < 4.78 is 38.6. The molecule has 170 valence electrons. The molecule has 32 heavy (non-hydrogen) atoms. The highest BCUT2D eigenvalue weighted by Gasteiger charge is 2.29. The van der Waals surface area contributed by atoms with E-state index in [1.165, 1.54) is 28.8 Å². The zero-order chi connectivity index (χ0) is 22.7. The third kappa shape index (κ3) is 4.87. The summed E-state index contributed by atoms with van der Waals surface area (Å²) in [6.07, 6.45) is 2.77. The minimum Gasteiger partial charge on any atom is -0.495 e. The van der Waals surface area contributed by atoms with E-state index in [0.29, 0.717) is 35.2 Å². The van der Waals surface area contributed by atoms with E-state index in [2.05, 4.69) is 10.3 Å². The van der Waals surface area contributed by atoms with E-state index < -0.39 is 10.0 Å². The van der Waals surface area contributed by atoms with Crippen molar-refractivity contribution in [2.24, 2.45) is 0 Å². The molecule has 1 aliphatic heterocycles. The number of aryl methyl sites for hydroxylation is 1. The highest BCUT2D eigenvalue weighted by Crippen LogP contribution is 2.31. The lowest BCUT2D eigenvalue weighted by molar-refractivity contribution is -0.115. The fraction of sp³-hybridized carbons (Fsp3) is 0.364. The molecule has 3 heterocycles. The first-order valence-electron chi connectivity index (χ1n) is 10.4. The number of rotatable bonds is 7. The second-order valence-electron chi connectivity index (χ2n) is 7.61. The van der Waals surface area contributed by atoms with Gasteiger partial charge in [0.2, 0.25) is 15.9 Å². The van der Waals surface area contributed by atoms with Crippen LogP contribution < -0.4 is 10.1 Å². The van der Waals surface area contributed by atoms with Crippen molar-refractivity contribution in [3.8, 4) is 16.5 Å². The zero-order valence-corrected chi connectivity index (χ0v) is 19.6. The normalized spacial score (nSPS) is 14.9. The van der Waals surface area contributed by atoms with Crippen molar-refractivity contribution in [3.63, 3.8) is 0 Å². The van der Waals surface area contributed by atoms with Crippen LogP contribution >= 0.6 is 11.3 Å². The van der Waals surface area contributed by atoms with Crippen LogP contribution in [0.25, 0.3) is 10.8 Å². The lowest BCUT2D eigenvalue weighted by Crippen LogP contribution is -2.35. The minimum atomic E-state index is -3.71. The third-order valence-corrected chi connectivity index (χ3v) is 8.05. The monoisotopic (exact) mass is 475 g/mol. The first-order chi connectivity index (χ1) is 15.4. The Morgan fingerprint density at radius 1 is 1.22 bits per heavy atom. The Hall–Kier alpha value is -2.69. The molecule has 0 spiro atoms. The van der Waals surface area contributed by atoms with E-state index in [9.17, 15) is 13.2 Å². The van der Waals surface area contributed by atoms with Gasteiger partial charge in [-0.3, -0.25) is 4.79 Å². The summed E-state index contributed by atoms with van der Waals surface area (Å²) >= 11 is 1.40. The van der Waals surface area contributed by atoms with E-state index in [1.54, 1.807) is 12.1 Å². The van der Waals surface area contributed by atoms with Gasteiger partial charge in [0.05, 0.1) is 19.2 Å². The number of aromatic nitrogens is 1. The Bertz CT molecular complexity index is 1210. The van der Waals surface area contributed by atoms with Crippen molar-refractivity contribution < 1.29 is 22.4 Å². The number of anilines is 1. The SMILES string of the molecule is COc1ccc(NC(=O)Cc2csc(-c3ccc(C)o3)n2)cc1S(=O)(=O)N1CCCCC1. The molecule has 0 radical (unpaired) electrons. The van der Waals surface area contributed by atoms with Crippen LogP contribution in [0.1, 0.15) is 30.7 Å². The van der Waals surface area contributed by atoms with Gasteiger partial charge >= 0.3 is 0 Å². The number of hydrogen-bond donors (Lipinski definition) is 1. The molecular formula is C22H25N3O5S2. The predicted molar refractivity (Wildman–Crippen MR) is 122 cm³/mol. The smallest absolute Gasteiger partial charge is 0.246 e. The fourth-order valence-corrected chi connectivity index (χ4v) is 6.10. The van der Waals surface area contributed by atoms with Gasteiger partial charge in [-0.05, 0) is 50.1 Å². The molecule has 0 aliphatic carbocycles. The van der Waals surface area contributed by atoms with Crippen LogP contribution in [0.3, 0.4) is 0 Å². The summed E-state index contributed by atoms with van der Waals surface area (Å²) in [4.78, 5) is 17.1. The van der Waals surface area contributed by atoms with E-state index in [4.69, 9.17) is 9.15 Å². The summed E-state index contributed by atoms with van der Waals surface area (Å²) in [5.41, 5.74) is 1.01. The summed E-state index contributed by atoms with van der Waals surface area (Å²) in [7, 11) is -2.28. The number of carbonyl (C=O) groups excluding carboxylic acids is 1. The van der Waals surface area contributed by atoms with Crippen LogP contribution in [0.4, 0.5) is 5.69 Å². The standard InChI is InChI=1S/C22H25N3O5S2/c1-15-6-8-19(30-15)22-24-17(14-31-22)13-21(26)23-16-7-9-18(29-2)20(12-16)32(27,28)25-10-4-3-5-11-25/h6-9,12,14H,3-5,10-11,13H2,1-2H3,(H,23,26). The zero-order valence-electron chi connectivity index (χ0n) is 18.0. The van der Waals surface area contributed by atoms with Crippen LogP contribution in [0, 0.1) is 6.92 Å². The van der Waals surface area contributed by atoms with Gasteiger partial charge in [-0.25, -0.2) is 13.4 Å². The lowest BCUT2D eigenvalue weighted by Gasteiger charge is -2.26. The quantitative estimate of drug-likeness (QED) is 0.553. The summed E-state index contributed by atoms with van der Waals surface area (Å²) in [6, 6.07) is 8.36. The number of piperidine rings is 1. The van der Waals surface area contributed by atoms with Crippen molar-refractivity contribution in [2.45, 2.75) is 37.5 Å². The van der Waals surface area contributed by atoms with Crippen molar-refractivity contribution in [2.75, 3.05) is 25.5 Å². The second-order valence-corrected chi connectivity index (χ2v) is 10.4. The average molecular weight is 476 g/mol. The fourth-order valence-electron chi connectivity index (χ4n) is 3.62. The molecule has 0 atom stereocenters. The van der Waals surface area contributed by atoms with Gasteiger partial charge in [-0.1, -0.05) is 6.42 Å². The number of hydrogen-bond acceptors (Lipinski definition) is 7. The average Bonchev–Trinajstić information content (AvgIpc) is 3.43. The van der Waals surface area contributed by atoms with Gasteiger partial charge in [0.25, 0.3) is 0 Å². The molecular weight excluding hydrogens is 450 g/mol. The highest BCUT2D eigenvalue weighted by molar-refractivity contribution is 7.89. The molecule has 1 N–H and O–H groups in total. The predicted octanol–water partition coefficient (Wildman–Crippen LogP) is 4.08. The number of amides is 1. The van der Waals surface area contributed by atoms with Gasteiger partial charge in [0, 0.05) is 24.2 Å². The molecule has 0 unspecified atom stereocenters. The van der Waals surface area contributed by atoms with Crippen molar-refractivity contribution in [1.29, 1.82) is 0 Å². The molecule has 2 aromatic heterocycles. The Labute approximate surface area is 191 Å². The van der Waals surface area contributed by atoms with Crippen molar-refractivity contribution >= 4 is 33.0 Å². The van der Waals surface area contributed by atoms with E-state index >= 15 is 0 Å². The summed E-state index contributed by atoms with van der Waals surface area (Å²) in [5, 5.41) is 5.30. The number of ether oxygens (including phenoxy) is 1. The number of benzene rings is 1. The summed E-state index contributed by atoms with van der Waals surface area (Å²) in [6.45, 7) is 2.84. The van der Waals surface area contributed by atoms with Crippen molar-refractivity contribution in [3.05, 3.63) is 47.2 Å². The number of nitrogens with one attached hydrogen (secondary N) is 1. The highest BCUT2D eigenvalue weighted by atomic mass is 32.2. The van der Waals surface area contributed by atoms with E-state index in [1.807, 2.05) is 24.4 Å². The van der Waals surface area contributed by atoms with Crippen LogP contribution in [0.2, 0.25) is 0 Å². The molecule has 1 amide bonds. The third-order valence-electron chi connectivity index (χ3n) is 5.22. The molecule has 4 rings (SSSR count). The first kappa shape index (κ1) is 22.5. The number of furan rings is 1. The Morgan fingerprint density at radius 3 is 2.69 bits per heavy atom. The van der Waals surface area contributed by atoms with Crippen molar-refractivity contribution in [1.82, 2.24) is 9.29 Å². The Kier molecular flexibility index (Phi) is 6.63. The largest absolute Gasteiger partial charge is 0.495 e. The molecule has 10 heteroatoms. The molecule has 1 aromatic carbocycles.